The van der Waals surface area contributed by atoms with E-state index in [9.17, 15) is 9.18 Å². The quantitative estimate of drug-likeness (QED) is 0.779. The van der Waals surface area contributed by atoms with Crippen LogP contribution in [-0.4, -0.2) is 31.3 Å². The SMILES string of the molecule is CC1(C)Cc2cccc(OCC(=O)NCC#CCOc3ccccc3F)c2O1. The zero-order valence-corrected chi connectivity index (χ0v) is 15.9. The summed E-state index contributed by atoms with van der Waals surface area (Å²) in [5, 5.41) is 2.64. The summed E-state index contributed by atoms with van der Waals surface area (Å²) in [6.45, 7) is 4.08. The van der Waals surface area contributed by atoms with Crippen molar-refractivity contribution in [2.45, 2.75) is 25.9 Å². The van der Waals surface area contributed by atoms with Gasteiger partial charge in [-0.05, 0) is 32.0 Å². The van der Waals surface area contributed by atoms with Gasteiger partial charge in [-0.2, -0.15) is 0 Å². The van der Waals surface area contributed by atoms with Crippen LogP contribution in [0.4, 0.5) is 4.39 Å². The summed E-state index contributed by atoms with van der Waals surface area (Å²) in [6.07, 6.45) is 0.802. The van der Waals surface area contributed by atoms with E-state index in [-0.39, 0.29) is 37.0 Å². The maximum absolute atomic E-state index is 13.4. The van der Waals surface area contributed by atoms with Gasteiger partial charge < -0.3 is 19.5 Å². The Kier molecular flexibility index (Phi) is 6.05. The molecule has 1 aliphatic rings. The van der Waals surface area contributed by atoms with Crippen molar-refractivity contribution in [1.29, 1.82) is 0 Å². The predicted molar refractivity (Wildman–Crippen MR) is 103 cm³/mol. The third kappa shape index (κ3) is 5.17. The van der Waals surface area contributed by atoms with E-state index in [1.807, 2.05) is 26.0 Å². The average Bonchev–Trinajstić information content (AvgIpc) is 2.98. The molecule has 2 aromatic carbocycles. The Morgan fingerprint density at radius 3 is 2.75 bits per heavy atom. The second-order valence-electron chi connectivity index (χ2n) is 6.92. The standard InChI is InChI=1S/C22H22FNO4/c1-22(2)14-16-8-7-11-19(21(16)28-22)27-15-20(25)24-12-5-6-13-26-18-10-4-3-9-17(18)23/h3-4,7-11H,12-15H2,1-2H3,(H,24,25). The first-order valence-electron chi connectivity index (χ1n) is 8.98. The largest absolute Gasteiger partial charge is 0.483 e. The molecule has 28 heavy (non-hydrogen) atoms. The third-order valence-electron chi connectivity index (χ3n) is 4.05. The van der Waals surface area contributed by atoms with E-state index in [1.165, 1.54) is 12.1 Å². The van der Waals surface area contributed by atoms with Crippen molar-refractivity contribution in [1.82, 2.24) is 5.32 Å². The molecule has 0 aromatic heterocycles. The predicted octanol–water partition coefficient (Wildman–Crippen LogP) is 3.12. The molecule has 3 rings (SSSR count). The molecule has 0 atom stereocenters. The van der Waals surface area contributed by atoms with Crippen LogP contribution in [0.1, 0.15) is 19.4 Å². The fraction of sp³-hybridized carbons (Fsp3) is 0.318. The zero-order chi connectivity index (χ0) is 20.0. The molecular formula is C22H22FNO4. The van der Waals surface area contributed by atoms with Gasteiger partial charge in [0.15, 0.2) is 29.7 Å². The molecule has 0 saturated carbocycles. The van der Waals surface area contributed by atoms with E-state index in [2.05, 4.69) is 17.2 Å². The lowest BCUT2D eigenvalue weighted by atomic mass is 10.0. The molecule has 1 N–H and O–H groups in total. The van der Waals surface area contributed by atoms with Gasteiger partial charge in [0.05, 0.1) is 6.54 Å². The highest BCUT2D eigenvalue weighted by Crippen LogP contribution is 2.41. The maximum atomic E-state index is 13.4. The minimum absolute atomic E-state index is 0.0383. The van der Waals surface area contributed by atoms with Crippen molar-refractivity contribution >= 4 is 5.91 Å². The van der Waals surface area contributed by atoms with Crippen molar-refractivity contribution < 1.29 is 23.4 Å². The summed E-state index contributed by atoms with van der Waals surface area (Å²) in [5.41, 5.74) is 0.799. The molecule has 0 saturated heterocycles. The van der Waals surface area contributed by atoms with Gasteiger partial charge in [0.2, 0.25) is 0 Å². The lowest BCUT2D eigenvalue weighted by Gasteiger charge is -2.18. The number of nitrogens with one attached hydrogen (secondary N) is 1. The molecule has 1 amide bonds. The summed E-state index contributed by atoms with van der Waals surface area (Å²) in [4.78, 5) is 11.9. The van der Waals surface area contributed by atoms with Crippen molar-refractivity contribution in [2.24, 2.45) is 0 Å². The van der Waals surface area contributed by atoms with Crippen molar-refractivity contribution in [2.75, 3.05) is 19.8 Å². The first-order valence-corrected chi connectivity index (χ1v) is 8.98. The molecule has 146 valence electrons. The van der Waals surface area contributed by atoms with Crippen LogP contribution in [0, 0.1) is 17.7 Å². The van der Waals surface area contributed by atoms with Crippen molar-refractivity contribution in [3.05, 3.63) is 53.8 Å². The van der Waals surface area contributed by atoms with Crippen molar-refractivity contribution in [3.8, 4) is 29.1 Å². The van der Waals surface area contributed by atoms with Gasteiger partial charge in [-0.3, -0.25) is 4.79 Å². The van der Waals surface area contributed by atoms with Crippen LogP contribution in [-0.2, 0) is 11.2 Å². The fourth-order valence-electron chi connectivity index (χ4n) is 2.83. The van der Waals surface area contributed by atoms with Gasteiger partial charge in [-0.25, -0.2) is 4.39 Å². The van der Waals surface area contributed by atoms with Gasteiger partial charge >= 0.3 is 0 Å². The van der Waals surface area contributed by atoms with E-state index in [0.29, 0.717) is 11.5 Å². The Morgan fingerprint density at radius 2 is 1.93 bits per heavy atom. The fourth-order valence-corrected chi connectivity index (χ4v) is 2.83. The minimum atomic E-state index is -0.436. The third-order valence-corrected chi connectivity index (χ3v) is 4.05. The van der Waals surface area contributed by atoms with Gasteiger partial charge in [-0.1, -0.05) is 36.1 Å². The molecule has 0 unspecified atom stereocenters. The molecule has 2 aromatic rings. The first-order chi connectivity index (χ1) is 13.4. The lowest BCUT2D eigenvalue weighted by Crippen LogP contribution is -2.29. The highest BCUT2D eigenvalue weighted by atomic mass is 19.1. The molecule has 0 fully saturated rings. The van der Waals surface area contributed by atoms with Crippen LogP contribution in [0.5, 0.6) is 17.2 Å². The van der Waals surface area contributed by atoms with E-state index in [1.54, 1.807) is 18.2 Å². The molecular weight excluding hydrogens is 361 g/mol. The van der Waals surface area contributed by atoms with Gasteiger partial charge in [0.25, 0.3) is 5.91 Å². The summed E-state index contributed by atoms with van der Waals surface area (Å²) in [5.74, 6) is 6.14. The normalized spacial score (nSPS) is 13.5. The van der Waals surface area contributed by atoms with Crippen LogP contribution in [0.15, 0.2) is 42.5 Å². The number of benzene rings is 2. The van der Waals surface area contributed by atoms with E-state index in [4.69, 9.17) is 14.2 Å². The molecule has 0 spiro atoms. The topological polar surface area (TPSA) is 56.8 Å². The molecule has 0 radical (unpaired) electrons. The lowest BCUT2D eigenvalue weighted by molar-refractivity contribution is -0.122. The van der Waals surface area contributed by atoms with Gasteiger partial charge in [0, 0.05) is 12.0 Å². The molecule has 0 bridgehead atoms. The van der Waals surface area contributed by atoms with Crippen LogP contribution in [0.25, 0.3) is 0 Å². The van der Waals surface area contributed by atoms with Crippen LogP contribution in [0.3, 0.4) is 0 Å². The number of rotatable bonds is 6. The minimum Gasteiger partial charge on any atom is -0.483 e. The second kappa shape index (κ2) is 8.66. The monoisotopic (exact) mass is 383 g/mol. The molecule has 5 nitrogen and oxygen atoms in total. The molecule has 1 aliphatic heterocycles. The van der Waals surface area contributed by atoms with E-state index >= 15 is 0 Å². The zero-order valence-electron chi connectivity index (χ0n) is 15.9. The summed E-state index contributed by atoms with van der Waals surface area (Å²) in [7, 11) is 0. The van der Waals surface area contributed by atoms with Crippen molar-refractivity contribution in [3.63, 3.8) is 0 Å². The second-order valence-corrected chi connectivity index (χ2v) is 6.92. The van der Waals surface area contributed by atoms with Crippen LogP contribution in [0.2, 0.25) is 0 Å². The number of amides is 1. The maximum Gasteiger partial charge on any atom is 0.258 e. The number of hydrogen-bond donors (Lipinski definition) is 1. The first kappa shape index (κ1) is 19.6. The number of carbonyl (C=O) groups excluding carboxylic acids is 1. The number of ether oxygens (including phenoxy) is 3. The number of carbonyl (C=O) groups is 1. The average molecular weight is 383 g/mol. The Hall–Kier alpha value is -3.20. The molecule has 0 aliphatic carbocycles. The Balaban J connectivity index is 1.40. The van der Waals surface area contributed by atoms with Crippen LogP contribution >= 0.6 is 0 Å². The smallest absolute Gasteiger partial charge is 0.258 e. The molecule has 1 heterocycles. The summed E-state index contributed by atoms with van der Waals surface area (Å²) >= 11 is 0. The van der Waals surface area contributed by atoms with E-state index in [0.717, 1.165) is 12.0 Å². The number of fused-ring (bicyclic) bond motifs is 1. The van der Waals surface area contributed by atoms with E-state index < -0.39 is 5.82 Å². The highest BCUT2D eigenvalue weighted by molar-refractivity contribution is 5.77. The van der Waals surface area contributed by atoms with Crippen LogP contribution < -0.4 is 19.5 Å². The van der Waals surface area contributed by atoms with Gasteiger partial charge in [0.1, 0.15) is 12.2 Å². The summed E-state index contributed by atoms with van der Waals surface area (Å²) < 4.78 is 30.1. The number of hydrogen-bond acceptors (Lipinski definition) is 4. The Bertz CT molecular complexity index is 914. The Morgan fingerprint density at radius 1 is 1.14 bits per heavy atom. The number of halogens is 1. The highest BCUT2D eigenvalue weighted by Gasteiger charge is 2.32. The van der Waals surface area contributed by atoms with Gasteiger partial charge in [-0.15, -0.1) is 0 Å². The number of para-hydroxylation sites is 2. The summed E-state index contributed by atoms with van der Waals surface area (Å²) in [6, 6.07) is 11.8. The Labute approximate surface area is 163 Å². The molecule has 6 heteroatoms.